The standard InChI is InChI=1S/C29H32F3N5O5S/c1-19-17-23(37(27(33)39)22-6-2-3-7-22)10-9-20(19)11-16-43(40,41)36-14-12-28(13-15-36)26(38)34-25(35-28)21-5-4-8-24(18-21)42-29(30,31)32/h4-5,8-11,16-18,22H,2-3,6-7,12-15H2,1H3,(H2,33,39)(H,34,35,38). The number of urea groups is 1. The second-order valence-corrected chi connectivity index (χ2v) is 12.8. The summed E-state index contributed by atoms with van der Waals surface area (Å²) in [7, 11) is -3.84. The van der Waals surface area contributed by atoms with E-state index in [1.807, 2.05) is 13.0 Å². The zero-order chi connectivity index (χ0) is 31.0. The van der Waals surface area contributed by atoms with Crippen molar-refractivity contribution in [3.63, 3.8) is 0 Å². The molecule has 2 fully saturated rings. The molecule has 3 N–H and O–H groups in total. The Balaban J connectivity index is 1.26. The van der Waals surface area contributed by atoms with E-state index in [0.29, 0.717) is 11.3 Å². The van der Waals surface area contributed by atoms with Crippen LogP contribution in [0, 0.1) is 6.92 Å². The largest absolute Gasteiger partial charge is 0.573 e. The number of amides is 3. The lowest BCUT2D eigenvalue weighted by Gasteiger charge is -2.34. The number of benzene rings is 2. The van der Waals surface area contributed by atoms with Gasteiger partial charge >= 0.3 is 12.4 Å². The summed E-state index contributed by atoms with van der Waals surface area (Å²) in [6, 6.07) is 9.99. The van der Waals surface area contributed by atoms with Crippen molar-refractivity contribution in [3.8, 4) is 5.75 Å². The number of piperidine rings is 1. The third-order valence-electron chi connectivity index (χ3n) is 8.11. The second-order valence-electron chi connectivity index (χ2n) is 11.0. The Morgan fingerprint density at radius 1 is 1.16 bits per heavy atom. The highest BCUT2D eigenvalue weighted by Crippen LogP contribution is 2.34. The maximum absolute atomic E-state index is 13.2. The predicted octanol–water partition coefficient (Wildman–Crippen LogP) is 4.43. The summed E-state index contributed by atoms with van der Waals surface area (Å²) in [5.74, 6) is -0.773. The first-order valence-corrected chi connectivity index (χ1v) is 15.4. The monoisotopic (exact) mass is 619 g/mol. The molecule has 1 saturated carbocycles. The summed E-state index contributed by atoms with van der Waals surface area (Å²) in [5, 5.41) is 3.74. The number of hydrogen-bond acceptors (Lipinski definition) is 6. The Hall–Kier alpha value is -3.91. The Kier molecular flexibility index (Phi) is 8.27. The number of primary amides is 1. The lowest BCUT2D eigenvalue weighted by atomic mass is 9.89. The molecule has 43 heavy (non-hydrogen) atoms. The van der Waals surface area contributed by atoms with Crippen molar-refractivity contribution < 1.29 is 35.9 Å². The molecule has 0 aromatic heterocycles. The number of nitrogens with two attached hydrogens (primary N) is 1. The van der Waals surface area contributed by atoms with Gasteiger partial charge in [0.2, 0.25) is 10.0 Å². The molecule has 0 radical (unpaired) electrons. The molecule has 14 heteroatoms. The van der Waals surface area contributed by atoms with Gasteiger partial charge in [-0.3, -0.25) is 14.7 Å². The number of carbonyl (C=O) groups excluding carboxylic acids is 2. The highest BCUT2D eigenvalue weighted by atomic mass is 32.2. The van der Waals surface area contributed by atoms with Gasteiger partial charge in [-0.15, -0.1) is 13.2 Å². The first kappa shape index (κ1) is 30.5. The molecule has 2 aliphatic heterocycles. The second kappa shape index (κ2) is 11.6. The molecule has 0 atom stereocenters. The first-order valence-electron chi connectivity index (χ1n) is 13.9. The van der Waals surface area contributed by atoms with Gasteiger partial charge in [0.15, 0.2) is 0 Å². The Labute approximate surface area is 247 Å². The van der Waals surface area contributed by atoms with Crippen LogP contribution in [0.2, 0.25) is 0 Å². The number of nitrogens with zero attached hydrogens (tertiary/aromatic N) is 3. The number of sulfonamides is 1. The number of rotatable bonds is 7. The van der Waals surface area contributed by atoms with Crippen LogP contribution in [-0.4, -0.2) is 61.5 Å². The molecule has 0 bridgehead atoms. The molecule has 2 aromatic rings. The van der Waals surface area contributed by atoms with Gasteiger partial charge in [0.1, 0.15) is 17.1 Å². The Bertz CT molecular complexity index is 1580. The molecule has 1 saturated heterocycles. The number of anilines is 1. The topological polar surface area (TPSA) is 134 Å². The number of amidine groups is 1. The summed E-state index contributed by atoms with van der Waals surface area (Å²) in [6.07, 6.45) is 0.689. The number of nitrogens with one attached hydrogen (secondary N) is 1. The number of carbonyl (C=O) groups is 2. The molecular weight excluding hydrogens is 587 g/mol. The first-order chi connectivity index (χ1) is 20.3. The minimum absolute atomic E-state index is 0.0287. The fourth-order valence-electron chi connectivity index (χ4n) is 5.87. The van der Waals surface area contributed by atoms with Crippen LogP contribution in [0.25, 0.3) is 6.08 Å². The van der Waals surface area contributed by atoms with E-state index in [2.05, 4.69) is 15.0 Å². The summed E-state index contributed by atoms with van der Waals surface area (Å²) < 4.78 is 69.4. The normalized spacial score (nSPS) is 19.5. The highest BCUT2D eigenvalue weighted by Gasteiger charge is 2.47. The Morgan fingerprint density at radius 3 is 2.49 bits per heavy atom. The van der Waals surface area contributed by atoms with Crippen molar-refractivity contribution in [1.29, 1.82) is 0 Å². The summed E-state index contributed by atoms with van der Waals surface area (Å²) in [6.45, 7) is 1.88. The molecule has 5 rings (SSSR count). The quantitative estimate of drug-likeness (QED) is 0.473. The van der Waals surface area contributed by atoms with E-state index in [4.69, 9.17) is 5.73 Å². The smallest absolute Gasteiger partial charge is 0.406 e. The van der Waals surface area contributed by atoms with Gasteiger partial charge in [0.05, 0.1) is 0 Å². The van der Waals surface area contributed by atoms with Crippen LogP contribution in [0.4, 0.5) is 23.7 Å². The number of aryl methyl sites for hydroxylation is 1. The van der Waals surface area contributed by atoms with E-state index >= 15 is 0 Å². The minimum atomic E-state index is -4.86. The van der Waals surface area contributed by atoms with Crippen molar-refractivity contribution in [2.24, 2.45) is 10.7 Å². The van der Waals surface area contributed by atoms with Crippen LogP contribution in [-0.2, 0) is 14.8 Å². The molecule has 2 aromatic carbocycles. The van der Waals surface area contributed by atoms with Gasteiger partial charge in [0, 0.05) is 35.8 Å². The zero-order valence-electron chi connectivity index (χ0n) is 23.4. The predicted molar refractivity (Wildman–Crippen MR) is 155 cm³/mol. The van der Waals surface area contributed by atoms with Crippen LogP contribution in [0.3, 0.4) is 0 Å². The molecule has 3 amide bonds. The van der Waals surface area contributed by atoms with E-state index in [-0.39, 0.29) is 43.4 Å². The number of aliphatic imine (C=N–C) groups is 1. The van der Waals surface area contributed by atoms with E-state index < -0.39 is 39.6 Å². The van der Waals surface area contributed by atoms with Crippen LogP contribution >= 0.6 is 0 Å². The number of halogens is 3. The number of hydrogen-bond donors (Lipinski definition) is 2. The molecule has 230 valence electrons. The molecule has 0 unspecified atom stereocenters. The molecule has 1 aliphatic carbocycles. The number of ether oxygens (including phenoxy) is 1. The highest BCUT2D eigenvalue weighted by molar-refractivity contribution is 7.92. The van der Waals surface area contributed by atoms with Gasteiger partial charge in [-0.1, -0.05) is 31.0 Å². The lowest BCUT2D eigenvalue weighted by molar-refractivity contribution is -0.274. The van der Waals surface area contributed by atoms with Gasteiger partial charge < -0.3 is 15.8 Å². The third kappa shape index (κ3) is 6.69. The van der Waals surface area contributed by atoms with Crippen LogP contribution < -0.4 is 20.7 Å². The average Bonchev–Trinajstić information content (AvgIpc) is 3.56. The van der Waals surface area contributed by atoms with Gasteiger partial charge in [-0.05, 0) is 74.1 Å². The zero-order valence-corrected chi connectivity index (χ0v) is 24.2. The van der Waals surface area contributed by atoms with Gasteiger partial charge in [0.25, 0.3) is 5.91 Å². The van der Waals surface area contributed by atoms with Crippen LogP contribution in [0.5, 0.6) is 5.75 Å². The summed E-state index contributed by atoms with van der Waals surface area (Å²) in [5.41, 5.74) is 6.80. The van der Waals surface area contributed by atoms with Crippen molar-refractivity contribution in [3.05, 3.63) is 64.6 Å². The summed E-state index contributed by atoms with van der Waals surface area (Å²) >= 11 is 0. The maximum atomic E-state index is 13.2. The Morgan fingerprint density at radius 2 is 1.86 bits per heavy atom. The molecule has 2 heterocycles. The van der Waals surface area contributed by atoms with Crippen molar-refractivity contribution in [2.75, 3.05) is 18.0 Å². The fraction of sp³-hybridized carbons (Fsp3) is 0.414. The number of alkyl halides is 3. The van der Waals surface area contributed by atoms with Crippen LogP contribution in [0.1, 0.15) is 55.2 Å². The SMILES string of the molecule is Cc1cc(N(C(N)=O)C2CCCC2)ccc1C=CS(=O)(=O)N1CCC2(CC1)N=C(c1cccc(OC(F)(F)F)c1)NC2=O. The van der Waals surface area contributed by atoms with E-state index in [1.165, 1.54) is 22.5 Å². The lowest BCUT2D eigenvalue weighted by Crippen LogP contribution is -2.50. The van der Waals surface area contributed by atoms with Gasteiger partial charge in [-0.25, -0.2) is 13.2 Å². The van der Waals surface area contributed by atoms with Crippen molar-refractivity contribution in [2.45, 2.75) is 63.4 Å². The minimum Gasteiger partial charge on any atom is -0.406 e. The van der Waals surface area contributed by atoms with E-state index in [9.17, 15) is 31.2 Å². The molecule has 10 nitrogen and oxygen atoms in total. The van der Waals surface area contributed by atoms with Crippen molar-refractivity contribution >= 4 is 39.6 Å². The van der Waals surface area contributed by atoms with Gasteiger partial charge in [-0.2, -0.15) is 4.31 Å². The summed E-state index contributed by atoms with van der Waals surface area (Å²) in [4.78, 5) is 31.2. The van der Waals surface area contributed by atoms with Crippen LogP contribution in [0.15, 0.2) is 52.9 Å². The molecule has 1 spiro atoms. The third-order valence-corrected chi connectivity index (χ3v) is 9.67. The van der Waals surface area contributed by atoms with E-state index in [0.717, 1.165) is 48.8 Å². The van der Waals surface area contributed by atoms with Crippen molar-refractivity contribution in [1.82, 2.24) is 9.62 Å². The fourth-order valence-corrected chi connectivity index (χ4v) is 7.05. The molecule has 3 aliphatic rings. The molecular formula is C29H32F3N5O5S. The average molecular weight is 620 g/mol. The maximum Gasteiger partial charge on any atom is 0.573 e. The van der Waals surface area contributed by atoms with E-state index in [1.54, 1.807) is 17.0 Å².